The second kappa shape index (κ2) is 10.3. The lowest BCUT2D eigenvalue weighted by Crippen LogP contribution is -2.33. The predicted molar refractivity (Wildman–Crippen MR) is 118 cm³/mol. The summed E-state index contributed by atoms with van der Waals surface area (Å²) < 4.78 is 18.7. The lowest BCUT2D eigenvalue weighted by atomic mass is 10.1. The fourth-order valence-electron chi connectivity index (χ4n) is 3.65. The Kier molecular flexibility index (Phi) is 7.01. The second-order valence-electron chi connectivity index (χ2n) is 7.83. The first-order valence-electron chi connectivity index (χ1n) is 10.7. The van der Waals surface area contributed by atoms with Crippen LogP contribution in [0, 0.1) is 6.92 Å². The van der Waals surface area contributed by atoms with Gasteiger partial charge in [-0.05, 0) is 42.3 Å². The molecular weight excluding hydrogens is 408 g/mol. The number of benzene rings is 1. The number of rotatable bonds is 9. The molecule has 3 heterocycles. The second-order valence-corrected chi connectivity index (χ2v) is 7.83. The molecular formula is C24H28N4O4. The molecule has 1 unspecified atom stereocenters. The topological polar surface area (TPSA) is 78.7 Å². The summed E-state index contributed by atoms with van der Waals surface area (Å²) in [5, 5.41) is 4.25. The van der Waals surface area contributed by atoms with E-state index >= 15 is 0 Å². The molecule has 32 heavy (non-hydrogen) atoms. The molecule has 1 aromatic carbocycles. The number of hydrogen-bond acceptors (Lipinski definition) is 6. The first-order valence-corrected chi connectivity index (χ1v) is 10.7. The van der Waals surface area contributed by atoms with Crippen molar-refractivity contribution < 1.29 is 19.0 Å². The van der Waals surface area contributed by atoms with Crippen LogP contribution in [0.4, 0.5) is 0 Å². The Morgan fingerprint density at radius 1 is 1.19 bits per heavy atom. The predicted octanol–water partition coefficient (Wildman–Crippen LogP) is 2.99. The van der Waals surface area contributed by atoms with Crippen LogP contribution in [0.25, 0.3) is 0 Å². The van der Waals surface area contributed by atoms with E-state index in [1.807, 2.05) is 43.3 Å². The van der Waals surface area contributed by atoms with E-state index in [-0.39, 0.29) is 18.6 Å². The summed E-state index contributed by atoms with van der Waals surface area (Å²) >= 11 is 0. The third-order valence-electron chi connectivity index (χ3n) is 5.45. The van der Waals surface area contributed by atoms with E-state index in [1.54, 1.807) is 35.3 Å². The number of carbonyl (C=O) groups is 1. The van der Waals surface area contributed by atoms with Gasteiger partial charge in [0.2, 0.25) is 5.91 Å². The molecule has 2 aromatic heterocycles. The van der Waals surface area contributed by atoms with Crippen LogP contribution >= 0.6 is 0 Å². The van der Waals surface area contributed by atoms with Gasteiger partial charge in [-0.1, -0.05) is 12.1 Å². The Hall–Kier alpha value is -3.39. The van der Waals surface area contributed by atoms with Crippen molar-refractivity contribution >= 4 is 5.91 Å². The van der Waals surface area contributed by atoms with Crippen LogP contribution in [0.1, 0.15) is 23.2 Å². The first kappa shape index (κ1) is 21.8. The zero-order valence-electron chi connectivity index (χ0n) is 18.4. The maximum atomic E-state index is 13.2. The molecule has 8 nitrogen and oxygen atoms in total. The number of nitrogens with zero attached hydrogens (tertiary/aromatic N) is 4. The van der Waals surface area contributed by atoms with Gasteiger partial charge in [-0.25, -0.2) is 0 Å². The van der Waals surface area contributed by atoms with E-state index in [0.717, 1.165) is 23.2 Å². The Labute approximate surface area is 187 Å². The van der Waals surface area contributed by atoms with Crippen LogP contribution < -0.4 is 9.47 Å². The molecule has 0 N–H and O–H groups in total. The van der Waals surface area contributed by atoms with Crippen molar-refractivity contribution in [2.45, 2.75) is 39.1 Å². The highest BCUT2D eigenvalue weighted by molar-refractivity contribution is 5.76. The molecule has 1 fully saturated rings. The summed E-state index contributed by atoms with van der Waals surface area (Å²) in [4.78, 5) is 19.2. The highest BCUT2D eigenvalue weighted by atomic mass is 16.6. The van der Waals surface area contributed by atoms with Crippen LogP contribution in [0.15, 0.2) is 55.0 Å². The van der Waals surface area contributed by atoms with Crippen LogP contribution in [-0.4, -0.2) is 52.0 Å². The van der Waals surface area contributed by atoms with Gasteiger partial charge in [0.1, 0.15) is 12.6 Å². The average Bonchev–Trinajstić information content (AvgIpc) is 3.47. The number of carbonyl (C=O) groups excluding carboxylic acids is 1. The van der Waals surface area contributed by atoms with Gasteiger partial charge >= 0.3 is 0 Å². The van der Waals surface area contributed by atoms with E-state index in [4.69, 9.17) is 14.2 Å². The fourth-order valence-corrected chi connectivity index (χ4v) is 3.65. The van der Waals surface area contributed by atoms with Gasteiger partial charge in [0.05, 0.1) is 20.3 Å². The van der Waals surface area contributed by atoms with Crippen molar-refractivity contribution in [1.82, 2.24) is 19.7 Å². The largest absolute Gasteiger partial charge is 0.493 e. The minimum Gasteiger partial charge on any atom is -0.493 e. The van der Waals surface area contributed by atoms with Crippen LogP contribution in [-0.2, 0) is 29.2 Å². The number of ether oxygens (including phenoxy) is 3. The number of pyridine rings is 1. The third-order valence-corrected chi connectivity index (χ3v) is 5.45. The maximum absolute atomic E-state index is 13.2. The third kappa shape index (κ3) is 5.45. The first-order chi connectivity index (χ1) is 15.6. The minimum atomic E-state index is -0.0250. The number of hydrogen-bond donors (Lipinski definition) is 0. The number of methoxy groups -OCH3 is 1. The van der Waals surface area contributed by atoms with Gasteiger partial charge in [0.25, 0.3) is 0 Å². The molecule has 0 spiro atoms. The Balaban J connectivity index is 1.52. The highest BCUT2D eigenvalue weighted by Crippen LogP contribution is 2.31. The summed E-state index contributed by atoms with van der Waals surface area (Å²) in [7, 11) is 1.62. The Morgan fingerprint density at radius 2 is 2.06 bits per heavy atom. The van der Waals surface area contributed by atoms with E-state index in [2.05, 4.69) is 10.1 Å². The molecule has 0 radical (unpaired) electrons. The monoisotopic (exact) mass is 436 g/mol. The summed E-state index contributed by atoms with van der Waals surface area (Å²) in [6, 6.07) is 11.5. The van der Waals surface area contributed by atoms with Crippen molar-refractivity contribution in [2.24, 2.45) is 0 Å². The fraction of sp³-hybridized carbons (Fsp3) is 0.375. The highest BCUT2D eigenvalue weighted by Gasteiger charge is 2.21. The molecule has 0 bridgehead atoms. The zero-order valence-corrected chi connectivity index (χ0v) is 18.4. The van der Waals surface area contributed by atoms with E-state index in [0.29, 0.717) is 37.8 Å². The standard InChI is InChI=1S/C24H28N4O4/c1-18-7-10-26-28(18)16-24(29)27(15-20-4-3-9-25-13-20)14-19-5-6-22(23(12-19)30-2)32-21-8-11-31-17-21/h3-7,9-10,12-13,21H,8,11,14-17H2,1-2H3. The zero-order chi connectivity index (χ0) is 22.3. The van der Waals surface area contributed by atoms with Crippen molar-refractivity contribution in [1.29, 1.82) is 0 Å². The van der Waals surface area contributed by atoms with Gasteiger partial charge in [0.15, 0.2) is 11.5 Å². The smallest absolute Gasteiger partial charge is 0.244 e. The van der Waals surface area contributed by atoms with Gasteiger partial charge in [-0.15, -0.1) is 0 Å². The lowest BCUT2D eigenvalue weighted by Gasteiger charge is -2.24. The summed E-state index contributed by atoms with van der Waals surface area (Å²) in [6.07, 6.45) is 6.11. The molecule has 0 saturated carbocycles. The molecule has 168 valence electrons. The van der Waals surface area contributed by atoms with E-state index < -0.39 is 0 Å². The molecule has 4 rings (SSSR count). The number of aromatic nitrogens is 3. The molecule has 3 aromatic rings. The molecule has 1 aliphatic rings. The van der Waals surface area contributed by atoms with Crippen LogP contribution in [0.2, 0.25) is 0 Å². The van der Waals surface area contributed by atoms with E-state index in [1.165, 1.54) is 0 Å². The normalized spacial score (nSPS) is 15.5. The van der Waals surface area contributed by atoms with Crippen LogP contribution in [0.3, 0.4) is 0 Å². The van der Waals surface area contributed by atoms with Gasteiger partial charge in [-0.2, -0.15) is 5.10 Å². The van der Waals surface area contributed by atoms with Gasteiger partial charge in [0, 0.05) is 43.8 Å². The maximum Gasteiger partial charge on any atom is 0.244 e. The molecule has 1 atom stereocenters. The quantitative estimate of drug-likeness (QED) is 0.513. The Bertz CT molecular complexity index is 1030. The van der Waals surface area contributed by atoms with Crippen molar-refractivity contribution in [3.05, 3.63) is 71.8 Å². The minimum absolute atomic E-state index is 0.0250. The molecule has 8 heteroatoms. The molecule has 1 amide bonds. The van der Waals surface area contributed by atoms with Crippen molar-refractivity contribution in [3.63, 3.8) is 0 Å². The summed E-state index contributed by atoms with van der Waals surface area (Å²) in [5.74, 6) is 1.30. The van der Waals surface area contributed by atoms with Gasteiger partial charge < -0.3 is 19.1 Å². The molecule has 1 aliphatic heterocycles. The lowest BCUT2D eigenvalue weighted by molar-refractivity contribution is -0.133. The van der Waals surface area contributed by atoms with E-state index in [9.17, 15) is 4.79 Å². The Morgan fingerprint density at radius 3 is 2.75 bits per heavy atom. The molecule has 0 aliphatic carbocycles. The number of amides is 1. The van der Waals surface area contributed by atoms with Crippen LogP contribution in [0.5, 0.6) is 11.5 Å². The van der Waals surface area contributed by atoms with Crippen molar-refractivity contribution in [3.8, 4) is 11.5 Å². The SMILES string of the molecule is COc1cc(CN(Cc2cccnc2)C(=O)Cn2nccc2C)ccc1OC1CCOC1. The average molecular weight is 437 g/mol. The summed E-state index contributed by atoms with van der Waals surface area (Å²) in [5.41, 5.74) is 2.86. The van der Waals surface area contributed by atoms with Crippen molar-refractivity contribution in [2.75, 3.05) is 20.3 Å². The molecule has 1 saturated heterocycles. The van der Waals surface area contributed by atoms with Gasteiger partial charge in [-0.3, -0.25) is 14.5 Å². The number of aryl methyl sites for hydroxylation is 1. The summed E-state index contributed by atoms with van der Waals surface area (Å²) in [6.45, 7) is 4.30.